The number of nitrogens with zero attached hydrogens (tertiary/aromatic N) is 1. The van der Waals surface area contributed by atoms with Crippen molar-refractivity contribution in [3.05, 3.63) is 19.9 Å². The van der Waals surface area contributed by atoms with Crippen molar-refractivity contribution in [3.8, 4) is 0 Å². The molecule has 1 aliphatic rings. The molecule has 1 aliphatic heterocycles. The van der Waals surface area contributed by atoms with Gasteiger partial charge < -0.3 is 15.8 Å². The Balaban J connectivity index is 1.64. The Morgan fingerprint density at radius 1 is 1.61 bits per heavy atom. The van der Waals surface area contributed by atoms with Gasteiger partial charge in [-0.25, -0.2) is 0 Å². The first-order valence-electron chi connectivity index (χ1n) is 6.13. The molecule has 1 unspecified atom stereocenters. The van der Waals surface area contributed by atoms with E-state index >= 15 is 0 Å². The van der Waals surface area contributed by atoms with Crippen molar-refractivity contribution in [2.45, 2.75) is 25.4 Å². The van der Waals surface area contributed by atoms with E-state index in [-0.39, 0.29) is 6.10 Å². The molecule has 4 nitrogen and oxygen atoms in total. The molecule has 0 aromatic carbocycles. The minimum atomic E-state index is 0.268. The molecule has 3 N–H and O–H groups in total. The largest absolute Gasteiger partial charge is 0.376 e. The smallest absolute Gasteiger partial charge is 0.188 e. The summed E-state index contributed by atoms with van der Waals surface area (Å²) in [6, 6.07) is 4.29. The van der Waals surface area contributed by atoms with Gasteiger partial charge in [0.15, 0.2) is 5.96 Å². The molecule has 0 spiro atoms. The van der Waals surface area contributed by atoms with Crippen molar-refractivity contribution in [2.75, 3.05) is 19.7 Å². The molecule has 1 aromatic heterocycles. The molecule has 0 radical (unpaired) electrons. The molecule has 0 saturated carbocycles. The summed E-state index contributed by atoms with van der Waals surface area (Å²) < 4.78 is 6.81. The number of aliphatic imine (C=N–C) groups is 1. The van der Waals surface area contributed by atoms with E-state index in [0.717, 1.165) is 32.4 Å². The number of thiophene rings is 1. The van der Waals surface area contributed by atoms with Crippen LogP contribution in [0, 0.1) is 2.88 Å². The van der Waals surface area contributed by atoms with Gasteiger partial charge in [-0.05, 0) is 54.0 Å². The van der Waals surface area contributed by atoms with Crippen molar-refractivity contribution in [2.24, 2.45) is 10.7 Å². The highest BCUT2D eigenvalue weighted by molar-refractivity contribution is 14.1. The first-order chi connectivity index (χ1) is 8.74. The Labute approximate surface area is 125 Å². The molecule has 6 heteroatoms. The van der Waals surface area contributed by atoms with Crippen LogP contribution in [0.4, 0.5) is 0 Å². The SMILES string of the molecule is NC(=NCC1CCCO1)NCCc1ccc(I)s1. The van der Waals surface area contributed by atoms with Crippen LogP contribution in [0.25, 0.3) is 0 Å². The topological polar surface area (TPSA) is 59.6 Å². The maximum Gasteiger partial charge on any atom is 0.188 e. The minimum Gasteiger partial charge on any atom is -0.376 e. The molecule has 1 saturated heterocycles. The lowest BCUT2D eigenvalue weighted by atomic mass is 10.2. The van der Waals surface area contributed by atoms with Crippen molar-refractivity contribution in [1.29, 1.82) is 0 Å². The van der Waals surface area contributed by atoms with Crippen LogP contribution in [0.15, 0.2) is 17.1 Å². The van der Waals surface area contributed by atoms with Crippen LogP contribution < -0.4 is 11.1 Å². The highest BCUT2D eigenvalue weighted by atomic mass is 127. The number of guanidine groups is 1. The summed E-state index contributed by atoms with van der Waals surface area (Å²) in [6.45, 7) is 2.37. The van der Waals surface area contributed by atoms with Crippen molar-refractivity contribution in [1.82, 2.24) is 5.32 Å². The van der Waals surface area contributed by atoms with Gasteiger partial charge in [-0.15, -0.1) is 11.3 Å². The number of hydrogen-bond acceptors (Lipinski definition) is 3. The van der Waals surface area contributed by atoms with Gasteiger partial charge in [0.05, 0.1) is 15.5 Å². The summed E-state index contributed by atoms with van der Waals surface area (Å²) in [5.74, 6) is 0.525. The quantitative estimate of drug-likeness (QED) is 0.467. The van der Waals surface area contributed by atoms with Gasteiger partial charge in [-0.2, -0.15) is 0 Å². The standard InChI is InChI=1S/C12H18IN3OS/c13-11-4-3-10(18-11)5-6-15-12(14)16-8-9-2-1-7-17-9/h3-4,9H,1-2,5-8H2,(H3,14,15,16). The monoisotopic (exact) mass is 379 g/mol. The molecule has 1 aromatic rings. The average molecular weight is 379 g/mol. The number of hydrogen-bond donors (Lipinski definition) is 2. The van der Waals surface area contributed by atoms with Crippen molar-refractivity contribution < 1.29 is 4.74 Å². The summed E-state index contributed by atoms with van der Waals surface area (Å²) in [5.41, 5.74) is 5.81. The Hall–Kier alpha value is -0.340. The minimum absolute atomic E-state index is 0.268. The molecule has 18 heavy (non-hydrogen) atoms. The van der Waals surface area contributed by atoms with Gasteiger partial charge in [0.25, 0.3) is 0 Å². The van der Waals surface area contributed by atoms with Gasteiger partial charge in [0.1, 0.15) is 0 Å². The van der Waals surface area contributed by atoms with Gasteiger partial charge in [0, 0.05) is 18.0 Å². The highest BCUT2D eigenvalue weighted by Gasteiger charge is 2.14. The van der Waals surface area contributed by atoms with Crippen LogP contribution in [0.3, 0.4) is 0 Å². The zero-order valence-corrected chi connectivity index (χ0v) is 13.2. The summed E-state index contributed by atoms with van der Waals surface area (Å²) >= 11 is 4.16. The van der Waals surface area contributed by atoms with Crippen molar-refractivity contribution in [3.63, 3.8) is 0 Å². The second-order valence-electron chi connectivity index (χ2n) is 4.24. The van der Waals surface area contributed by atoms with Gasteiger partial charge in [-0.3, -0.25) is 4.99 Å². The van der Waals surface area contributed by atoms with Crippen LogP contribution >= 0.6 is 33.9 Å². The molecular weight excluding hydrogens is 361 g/mol. The van der Waals surface area contributed by atoms with Crippen LogP contribution in [0.2, 0.25) is 0 Å². The van der Waals surface area contributed by atoms with Crippen LogP contribution in [0.5, 0.6) is 0 Å². The molecule has 0 amide bonds. The van der Waals surface area contributed by atoms with Gasteiger partial charge in [-0.1, -0.05) is 0 Å². The number of nitrogens with two attached hydrogens (primary N) is 1. The predicted molar refractivity (Wildman–Crippen MR) is 84.2 cm³/mol. The van der Waals surface area contributed by atoms with E-state index in [0.29, 0.717) is 12.5 Å². The second kappa shape index (κ2) is 7.30. The lowest BCUT2D eigenvalue weighted by molar-refractivity contribution is 0.118. The molecule has 1 fully saturated rings. The average Bonchev–Trinajstić information content (AvgIpc) is 2.98. The molecule has 0 bridgehead atoms. The van der Waals surface area contributed by atoms with E-state index in [1.54, 1.807) is 0 Å². The maximum atomic E-state index is 5.81. The number of nitrogens with one attached hydrogen (secondary N) is 1. The summed E-state index contributed by atoms with van der Waals surface area (Å²) in [4.78, 5) is 5.68. The third kappa shape index (κ3) is 4.74. The Bertz CT molecular complexity index is 402. The number of ether oxygens (including phenoxy) is 1. The zero-order chi connectivity index (χ0) is 12.8. The predicted octanol–water partition coefficient (Wildman–Crippen LogP) is 1.98. The molecule has 0 aliphatic carbocycles. The lowest BCUT2D eigenvalue weighted by Gasteiger charge is -2.07. The fraction of sp³-hybridized carbons (Fsp3) is 0.583. The van der Waals surface area contributed by atoms with Crippen LogP contribution in [-0.4, -0.2) is 31.8 Å². The maximum absolute atomic E-state index is 5.81. The van der Waals surface area contributed by atoms with Crippen LogP contribution in [0.1, 0.15) is 17.7 Å². The summed E-state index contributed by atoms with van der Waals surface area (Å²) in [7, 11) is 0. The van der Waals surface area contributed by atoms with E-state index in [9.17, 15) is 0 Å². The molecule has 100 valence electrons. The zero-order valence-electron chi connectivity index (χ0n) is 10.2. The molecular formula is C12H18IN3OS. The first-order valence-corrected chi connectivity index (χ1v) is 8.03. The highest BCUT2D eigenvalue weighted by Crippen LogP contribution is 2.18. The van der Waals surface area contributed by atoms with Crippen LogP contribution in [-0.2, 0) is 11.2 Å². The molecule has 2 heterocycles. The first kappa shape index (κ1) is 14.1. The number of rotatable bonds is 5. The fourth-order valence-electron chi connectivity index (χ4n) is 1.84. The van der Waals surface area contributed by atoms with E-state index in [1.165, 1.54) is 7.76 Å². The Morgan fingerprint density at radius 2 is 2.50 bits per heavy atom. The fourth-order valence-corrected chi connectivity index (χ4v) is 3.60. The summed E-state index contributed by atoms with van der Waals surface area (Å²) in [6.07, 6.45) is 3.50. The third-order valence-corrected chi connectivity index (χ3v) is 4.75. The van der Waals surface area contributed by atoms with E-state index in [1.807, 2.05) is 11.3 Å². The normalized spacial score (nSPS) is 20.3. The molecule has 1 atom stereocenters. The lowest BCUT2D eigenvalue weighted by Crippen LogP contribution is -2.34. The van der Waals surface area contributed by atoms with E-state index < -0.39 is 0 Å². The summed E-state index contributed by atoms with van der Waals surface area (Å²) in [5, 5.41) is 3.14. The van der Waals surface area contributed by atoms with Gasteiger partial charge >= 0.3 is 0 Å². The third-order valence-electron chi connectivity index (χ3n) is 2.80. The Morgan fingerprint density at radius 3 is 3.17 bits per heavy atom. The van der Waals surface area contributed by atoms with Crippen molar-refractivity contribution >= 4 is 39.9 Å². The molecule has 2 rings (SSSR count). The number of halogens is 1. The van der Waals surface area contributed by atoms with Gasteiger partial charge in [0.2, 0.25) is 0 Å². The van der Waals surface area contributed by atoms with E-state index in [2.05, 4.69) is 45.0 Å². The van der Waals surface area contributed by atoms with E-state index in [4.69, 9.17) is 10.5 Å². The Kier molecular flexibility index (Phi) is 5.71. The second-order valence-corrected chi connectivity index (χ2v) is 7.31.